The van der Waals surface area contributed by atoms with Crippen molar-refractivity contribution >= 4 is 35.2 Å². The van der Waals surface area contributed by atoms with Crippen molar-refractivity contribution in [3.63, 3.8) is 0 Å². The smallest absolute Gasteiger partial charge is 0.222 e. The molecule has 0 N–H and O–H groups in total. The first-order chi connectivity index (χ1) is 17.5. The number of para-hydroxylation sites is 1. The van der Waals surface area contributed by atoms with Crippen molar-refractivity contribution in [2.24, 2.45) is 0 Å². The number of benzene rings is 2. The van der Waals surface area contributed by atoms with Crippen molar-refractivity contribution < 1.29 is 9.59 Å². The lowest BCUT2D eigenvalue weighted by molar-refractivity contribution is -0.142. The molecule has 3 aromatic rings. The van der Waals surface area contributed by atoms with Gasteiger partial charge in [-0.3, -0.25) is 14.2 Å². The van der Waals surface area contributed by atoms with Gasteiger partial charge in [-0.15, -0.1) is 10.2 Å². The van der Waals surface area contributed by atoms with E-state index in [0.717, 1.165) is 40.8 Å². The van der Waals surface area contributed by atoms with E-state index in [9.17, 15) is 9.59 Å². The molecular weight excluding hydrogens is 494 g/mol. The van der Waals surface area contributed by atoms with Gasteiger partial charge in [0.05, 0.1) is 0 Å². The minimum absolute atomic E-state index is 0.0619. The summed E-state index contributed by atoms with van der Waals surface area (Å²) in [5, 5.41) is 10.4. The van der Waals surface area contributed by atoms with Crippen LogP contribution in [0.5, 0.6) is 0 Å². The second-order valence-electron chi connectivity index (χ2n) is 8.96. The largest absolute Gasteiger partial charge is 0.339 e. The summed E-state index contributed by atoms with van der Waals surface area (Å²) in [5.74, 6) is 1.84. The van der Waals surface area contributed by atoms with Crippen LogP contribution < -0.4 is 0 Å². The van der Waals surface area contributed by atoms with Crippen LogP contribution in [-0.2, 0) is 9.59 Å². The van der Waals surface area contributed by atoms with Gasteiger partial charge in [-0.1, -0.05) is 48.5 Å². The number of thioether (sulfide) groups is 1. The number of hydrogen-bond acceptors (Lipinski definition) is 5. The number of carbonyl (C=O) groups is 2. The Balaban J connectivity index is 1.36. The van der Waals surface area contributed by atoms with E-state index < -0.39 is 0 Å². The number of hydrogen-bond donors (Lipinski definition) is 0. The molecule has 1 fully saturated rings. The van der Waals surface area contributed by atoms with E-state index in [2.05, 4.69) is 10.2 Å². The van der Waals surface area contributed by atoms with Crippen LogP contribution in [0.25, 0.3) is 17.1 Å². The topological polar surface area (TPSA) is 71.3 Å². The minimum atomic E-state index is 0.0619. The molecule has 190 valence electrons. The number of rotatable bonds is 9. The Hall–Kier alpha value is -2.84. The molecule has 2 aromatic carbocycles. The van der Waals surface area contributed by atoms with E-state index in [1.165, 1.54) is 0 Å². The molecule has 1 aliphatic heterocycles. The molecule has 7 nitrogen and oxygen atoms in total. The van der Waals surface area contributed by atoms with Gasteiger partial charge in [-0.2, -0.15) is 0 Å². The zero-order valence-electron chi connectivity index (χ0n) is 20.8. The average molecular weight is 526 g/mol. The monoisotopic (exact) mass is 525 g/mol. The molecule has 4 rings (SSSR count). The van der Waals surface area contributed by atoms with E-state index in [0.29, 0.717) is 37.5 Å². The standard InChI is InChI=1S/C27H32ClN5O2S/c1-3-8-25(35)32-17-16-31(19-20(32)2)24(34)11-7-18-36-27-30-29-26(21-12-14-22(28)15-13-21)33(27)23-9-5-4-6-10-23/h4-6,9-10,12-15,20H,3,7-8,11,16-19H2,1-2H3. The molecule has 1 atom stereocenters. The third kappa shape index (κ3) is 6.28. The highest BCUT2D eigenvalue weighted by molar-refractivity contribution is 7.99. The van der Waals surface area contributed by atoms with E-state index >= 15 is 0 Å². The van der Waals surface area contributed by atoms with Crippen LogP contribution in [0, 0.1) is 0 Å². The van der Waals surface area contributed by atoms with Gasteiger partial charge < -0.3 is 9.80 Å². The Kier molecular flexibility index (Phi) is 9.04. The molecule has 2 amide bonds. The third-order valence-corrected chi connectivity index (χ3v) is 7.55. The first-order valence-electron chi connectivity index (χ1n) is 12.4. The first kappa shape index (κ1) is 26.2. The van der Waals surface area contributed by atoms with Crippen molar-refractivity contribution in [1.82, 2.24) is 24.6 Å². The molecular formula is C27H32ClN5O2S. The van der Waals surface area contributed by atoms with Gasteiger partial charge in [-0.25, -0.2) is 0 Å². The maximum atomic E-state index is 12.8. The molecule has 2 heterocycles. The van der Waals surface area contributed by atoms with Crippen molar-refractivity contribution in [3.8, 4) is 17.1 Å². The lowest BCUT2D eigenvalue weighted by atomic mass is 10.1. The first-order valence-corrected chi connectivity index (χ1v) is 13.8. The summed E-state index contributed by atoms with van der Waals surface area (Å²) in [7, 11) is 0. The minimum Gasteiger partial charge on any atom is -0.339 e. The van der Waals surface area contributed by atoms with Gasteiger partial charge in [0.25, 0.3) is 0 Å². The van der Waals surface area contributed by atoms with Gasteiger partial charge in [0.1, 0.15) is 0 Å². The van der Waals surface area contributed by atoms with Crippen LogP contribution in [0.1, 0.15) is 39.5 Å². The summed E-state index contributed by atoms with van der Waals surface area (Å²) >= 11 is 7.67. The third-order valence-electron chi connectivity index (χ3n) is 6.28. The Bertz CT molecular complexity index is 1170. The summed E-state index contributed by atoms with van der Waals surface area (Å²) in [6.07, 6.45) is 2.64. The average Bonchev–Trinajstić information content (AvgIpc) is 3.31. The van der Waals surface area contributed by atoms with Crippen LogP contribution in [0.3, 0.4) is 0 Å². The molecule has 0 saturated carbocycles. The molecule has 36 heavy (non-hydrogen) atoms. The highest BCUT2D eigenvalue weighted by atomic mass is 35.5. The SMILES string of the molecule is CCCC(=O)N1CCN(C(=O)CCCSc2nnc(-c3ccc(Cl)cc3)n2-c2ccccc2)CC1C. The van der Waals surface area contributed by atoms with Crippen molar-refractivity contribution in [2.75, 3.05) is 25.4 Å². The van der Waals surface area contributed by atoms with Gasteiger partial charge in [-0.05, 0) is 56.2 Å². The molecule has 0 aliphatic carbocycles. The van der Waals surface area contributed by atoms with E-state index in [1.54, 1.807) is 11.8 Å². The molecule has 9 heteroatoms. The number of carbonyl (C=O) groups excluding carboxylic acids is 2. The van der Waals surface area contributed by atoms with Crippen LogP contribution in [0.15, 0.2) is 59.8 Å². The van der Waals surface area contributed by atoms with Gasteiger partial charge >= 0.3 is 0 Å². The predicted molar refractivity (Wildman–Crippen MR) is 144 cm³/mol. The fraction of sp³-hybridized carbons (Fsp3) is 0.407. The molecule has 1 aromatic heterocycles. The summed E-state index contributed by atoms with van der Waals surface area (Å²) < 4.78 is 2.05. The van der Waals surface area contributed by atoms with Gasteiger partial charge in [0, 0.05) is 60.5 Å². The summed E-state index contributed by atoms with van der Waals surface area (Å²) in [5.41, 5.74) is 1.92. The molecule has 1 unspecified atom stereocenters. The van der Waals surface area contributed by atoms with E-state index in [4.69, 9.17) is 11.6 Å². The van der Waals surface area contributed by atoms with Crippen molar-refractivity contribution in [1.29, 1.82) is 0 Å². The summed E-state index contributed by atoms with van der Waals surface area (Å²) in [6, 6.07) is 17.7. The molecule has 0 radical (unpaired) electrons. The molecule has 0 bridgehead atoms. The normalized spacial score (nSPS) is 15.8. The van der Waals surface area contributed by atoms with Crippen LogP contribution in [-0.4, -0.2) is 67.8 Å². The van der Waals surface area contributed by atoms with E-state index in [-0.39, 0.29) is 17.9 Å². The van der Waals surface area contributed by atoms with Crippen molar-refractivity contribution in [3.05, 3.63) is 59.6 Å². The highest BCUT2D eigenvalue weighted by Gasteiger charge is 2.29. The van der Waals surface area contributed by atoms with Crippen LogP contribution >= 0.6 is 23.4 Å². The number of piperazine rings is 1. The maximum Gasteiger partial charge on any atom is 0.222 e. The second-order valence-corrected chi connectivity index (χ2v) is 10.5. The number of aromatic nitrogens is 3. The lowest BCUT2D eigenvalue weighted by Crippen LogP contribution is -2.55. The maximum absolute atomic E-state index is 12.8. The molecule has 0 spiro atoms. The molecule has 1 aliphatic rings. The number of nitrogens with zero attached hydrogens (tertiary/aromatic N) is 5. The Labute approximate surface area is 221 Å². The van der Waals surface area contributed by atoms with Gasteiger partial charge in [0.2, 0.25) is 11.8 Å². The number of halogens is 1. The Morgan fingerprint density at radius 1 is 1.00 bits per heavy atom. The quantitative estimate of drug-likeness (QED) is 0.279. The zero-order valence-corrected chi connectivity index (χ0v) is 22.3. The Morgan fingerprint density at radius 3 is 2.44 bits per heavy atom. The molecule has 1 saturated heterocycles. The highest BCUT2D eigenvalue weighted by Crippen LogP contribution is 2.29. The second kappa shape index (κ2) is 12.4. The van der Waals surface area contributed by atoms with Crippen molar-refractivity contribution in [2.45, 2.75) is 50.7 Å². The predicted octanol–water partition coefficient (Wildman–Crippen LogP) is 5.32. The fourth-order valence-corrected chi connectivity index (χ4v) is 5.43. The summed E-state index contributed by atoms with van der Waals surface area (Å²) in [4.78, 5) is 28.9. The fourth-order valence-electron chi connectivity index (χ4n) is 4.42. The zero-order chi connectivity index (χ0) is 25.5. The Morgan fingerprint density at radius 2 is 1.75 bits per heavy atom. The van der Waals surface area contributed by atoms with Crippen LogP contribution in [0.2, 0.25) is 5.02 Å². The summed E-state index contributed by atoms with van der Waals surface area (Å²) in [6.45, 7) is 5.87. The van der Waals surface area contributed by atoms with E-state index in [1.807, 2.05) is 82.8 Å². The lowest BCUT2D eigenvalue weighted by Gasteiger charge is -2.40. The van der Waals surface area contributed by atoms with Crippen LogP contribution in [0.4, 0.5) is 0 Å². The number of amides is 2. The van der Waals surface area contributed by atoms with Gasteiger partial charge in [0.15, 0.2) is 11.0 Å².